The number of benzene rings is 28. The molecular weight excluding hydrogens is 1660 g/mol. The summed E-state index contributed by atoms with van der Waals surface area (Å²) in [4.78, 5) is 0. The van der Waals surface area contributed by atoms with Gasteiger partial charge in [0.25, 0.3) is 0 Å². The van der Waals surface area contributed by atoms with E-state index in [4.69, 9.17) is 0 Å². The Morgan fingerprint density at radius 2 is 0.333 bits per heavy atom. The standard InChI is InChI=1S/C50H32.2C44H28/c1-2-15-33(16-3-1)38-29-30-47(41-23-8-6-22-40(38)41)50-45-27-12-10-25-43(45)49(44-26-11-13-28-46(44)50)36-19-14-18-34(31-36)48-32-35-17-4-5-20-37(35)39-21-7-9-24-42(39)48;1-2-13-31(14-3-1)42-37-18-8-10-20-39(37)43(40-21-11-9-19-38(40)42)32-25-22-30(23-26-32)41-28-33-27-24-29-12-4-5-15-34(29)44(33)36-17-7-6-16-35(36)41;1-2-12-30(13-3-1)43-38-18-8-10-20-40(38)44(41-21-11-9-19-39(41)43)31-24-22-29(23-25-31)32-26-27-37-35-16-5-4-14-33(35)34-15-6-7-17-36(34)42(37)28-32/h1-32H;2*1-28H. The molecule has 0 radical (unpaired) electrons. The van der Waals surface area contributed by atoms with Crippen molar-refractivity contribution in [2.75, 3.05) is 0 Å². The minimum atomic E-state index is 1.22. The van der Waals surface area contributed by atoms with E-state index in [-0.39, 0.29) is 0 Å². The van der Waals surface area contributed by atoms with Gasteiger partial charge in [-0.3, -0.25) is 0 Å². The molecular formula is C138H88. The maximum absolute atomic E-state index is 2.40. The summed E-state index contributed by atoms with van der Waals surface area (Å²) in [5, 5.41) is 38.5. The summed E-state index contributed by atoms with van der Waals surface area (Å²) < 4.78 is 0. The first kappa shape index (κ1) is 80.9. The summed E-state index contributed by atoms with van der Waals surface area (Å²) in [5.41, 5.74) is 25.1. The number of rotatable bonds is 10. The van der Waals surface area contributed by atoms with E-state index in [0.717, 1.165) is 0 Å². The highest BCUT2D eigenvalue weighted by Crippen LogP contribution is 2.52. The molecule has 0 saturated heterocycles. The lowest BCUT2D eigenvalue weighted by Gasteiger charge is -2.20. The molecule has 0 amide bonds. The first-order valence-electron chi connectivity index (χ1n) is 47.9. The molecule has 0 fully saturated rings. The summed E-state index contributed by atoms with van der Waals surface area (Å²) in [5.74, 6) is 0. The van der Waals surface area contributed by atoms with Crippen molar-refractivity contribution in [1.29, 1.82) is 0 Å². The molecule has 138 heavy (non-hydrogen) atoms. The van der Waals surface area contributed by atoms with Gasteiger partial charge in [0.2, 0.25) is 0 Å². The molecule has 640 valence electrons. The van der Waals surface area contributed by atoms with Crippen LogP contribution in [0.4, 0.5) is 0 Å². The van der Waals surface area contributed by atoms with Crippen molar-refractivity contribution in [2.24, 2.45) is 0 Å². The maximum atomic E-state index is 2.40. The van der Waals surface area contributed by atoms with Crippen LogP contribution >= 0.6 is 0 Å². The molecule has 28 aromatic carbocycles. The molecule has 0 saturated carbocycles. The van der Waals surface area contributed by atoms with Gasteiger partial charge in [-0.1, -0.05) is 510 Å². The lowest BCUT2D eigenvalue weighted by Crippen LogP contribution is -1.93. The van der Waals surface area contributed by atoms with E-state index < -0.39 is 0 Å². The van der Waals surface area contributed by atoms with Gasteiger partial charge >= 0.3 is 0 Å². The molecule has 0 heteroatoms. The van der Waals surface area contributed by atoms with Crippen LogP contribution in [0, 0.1) is 0 Å². The topological polar surface area (TPSA) is 0 Å². The fraction of sp³-hybridized carbons (Fsp3) is 0. The third-order valence-corrected chi connectivity index (χ3v) is 28.9. The SMILES string of the molecule is c1ccc(-c2c3ccccc3c(-c3ccc(-c4cc5ccc6ccccc6c5c5ccccc45)cc3)c3ccccc23)cc1.c1ccc(-c2c3ccccc3c(-c3ccc(-c4ccc5c6ccccc6c6ccccc6c5c4)cc3)c3ccccc23)cc1.c1ccc(-c2ccc(-c3c4ccccc4c(-c4cccc(-c5cc6ccccc6c6ccccc56)c4)c4ccccc34)c3ccccc23)cc1. The van der Waals surface area contributed by atoms with Crippen LogP contribution in [-0.2, 0) is 0 Å². The van der Waals surface area contributed by atoms with Crippen molar-refractivity contribution in [1.82, 2.24) is 0 Å². The molecule has 0 atom stereocenters. The Labute approximate surface area is 800 Å². The van der Waals surface area contributed by atoms with E-state index in [1.54, 1.807) is 0 Å². The van der Waals surface area contributed by atoms with Gasteiger partial charge < -0.3 is 0 Å². The predicted octanol–water partition coefficient (Wildman–Crippen LogP) is 39.0. The van der Waals surface area contributed by atoms with Crippen LogP contribution in [-0.4, -0.2) is 0 Å². The van der Waals surface area contributed by atoms with Gasteiger partial charge in [-0.05, 0) is 297 Å². The van der Waals surface area contributed by atoms with Crippen LogP contribution in [0.1, 0.15) is 0 Å². The van der Waals surface area contributed by atoms with Crippen LogP contribution in [0.15, 0.2) is 534 Å². The largest absolute Gasteiger partial charge is 0.0622 e. The van der Waals surface area contributed by atoms with Crippen LogP contribution < -0.4 is 0 Å². The van der Waals surface area contributed by atoms with Crippen LogP contribution in [0.3, 0.4) is 0 Å². The van der Waals surface area contributed by atoms with E-state index in [0.29, 0.717) is 0 Å². The molecule has 0 aromatic heterocycles. The third-order valence-electron chi connectivity index (χ3n) is 28.9. The van der Waals surface area contributed by atoms with E-state index in [2.05, 4.69) is 534 Å². The fourth-order valence-electron chi connectivity index (χ4n) is 22.8. The molecule has 0 bridgehead atoms. The van der Waals surface area contributed by atoms with Crippen molar-refractivity contribution in [3.05, 3.63) is 534 Å². The zero-order chi connectivity index (χ0) is 91.1. The zero-order valence-corrected chi connectivity index (χ0v) is 75.8. The van der Waals surface area contributed by atoms with Gasteiger partial charge in [-0.25, -0.2) is 0 Å². The monoisotopic (exact) mass is 1740 g/mol. The summed E-state index contributed by atoms with van der Waals surface area (Å²) in [6.07, 6.45) is 0. The Morgan fingerprint density at radius 1 is 0.0797 bits per heavy atom. The van der Waals surface area contributed by atoms with Gasteiger partial charge in [-0.2, -0.15) is 0 Å². The Kier molecular flexibility index (Phi) is 20.1. The molecule has 0 unspecified atom stereocenters. The normalized spacial score (nSPS) is 11.6. The maximum Gasteiger partial charge on any atom is -0.00201 e. The molecule has 0 aliphatic rings. The second-order valence-electron chi connectivity index (χ2n) is 36.5. The second-order valence-corrected chi connectivity index (χ2v) is 36.5. The van der Waals surface area contributed by atoms with Gasteiger partial charge in [0.05, 0.1) is 0 Å². The summed E-state index contributed by atoms with van der Waals surface area (Å²) in [7, 11) is 0. The average Bonchev–Trinajstić information content (AvgIpc) is 0.718. The van der Waals surface area contributed by atoms with Gasteiger partial charge in [0.1, 0.15) is 0 Å². The zero-order valence-electron chi connectivity index (χ0n) is 75.8. The average molecular weight is 1750 g/mol. The molecule has 0 aliphatic heterocycles. The van der Waals surface area contributed by atoms with Crippen molar-refractivity contribution in [3.8, 4) is 111 Å². The molecule has 0 spiro atoms. The van der Waals surface area contributed by atoms with Crippen LogP contribution in [0.2, 0.25) is 0 Å². The molecule has 28 rings (SSSR count). The Bertz CT molecular complexity index is 9520. The minimum absolute atomic E-state index is 1.22. The quantitative estimate of drug-likeness (QED) is 0.0946. The summed E-state index contributed by atoms with van der Waals surface area (Å²) in [6.45, 7) is 0. The second kappa shape index (κ2) is 34.3. The molecule has 0 aliphatic carbocycles. The van der Waals surface area contributed by atoms with E-state index >= 15 is 0 Å². The Balaban J connectivity index is 0.000000107. The molecule has 0 nitrogen and oxygen atoms in total. The van der Waals surface area contributed by atoms with Gasteiger partial charge in [0.15, 0.2) is 0 Å². The smallest absolute Gasteiger partial charge is 0.00201 e. The van der Waals surface area contributed by atoms with Gasteiger partial charge in [0, 0.05) is 0 Å². The van der Waals surface area contributed by atoms with Crippen molar-refractivity contribution in [3.63, 3.8) is 0 Å². The van der Waals surface area contributed by atoms with Crippen molar-refractivity contribution < 1.29 is 0 Å². The van der Waals surface area contributed by atoms with Crippen molar-refractivity contribution >= 4 is 162 Å². The minimum Gasteiger partial charge on any atom is -0.0622 e. The molecule has 0 N–H and O–H groups in total. The highest BCUT2D eigenvalue weighted by atomic mass is 14.3. The number of hydrogen-bond acceptors (Lipinski definition) is 0. The molecule has 0 heterocycles. The first-order valence-corrected chi connectivity index (χ1v) is 47.9. The highest BCUT2D eigenvalue weighted by Gasteiger charge is 2.25. The number of fused-ring (bicyclic) bond motifs is 21. The lowest BCUT2D eigenvalue weighted by molar-refractivity contribution is 1.63. The summed E-state index contributed by atoms with van der Waals surface area (Å²) >= 11 is 0. The first-order chi connectivity index (χ1) is 68.5. The van der Waals surface area contributed by atoms with Gasteiger partial charge in [-0.15, -0.1) is 0 Å². The van der Waals surface area contributed by atoms with Crippen molar-refractivity contribution in [2.45, 2.75) is 0 Å². The van der Waals surface area contributed by atoms with Crippen LogP contribution in [0.25, 0.3) is 273 Å². The lowest BCUT2D eigenvalue weighted by atomic mass is 9.83. The Hall–Kier alpha value is -17.9. The van der Waals surface area contributed by atoms with E-state index in [9.17, 15) is 0 Å². The Morgan fingerprint density at radius 3 is 0.790 bits per heavy atom. The predicted molar refractivity (Wildman–Crippen MR) is 596 cm³/mol. The van der Waals surface area contributed by atoms with Crippen LogP contribution in [0.5, 0.6) is 0 Å². The fourth-order valence-corrected chi connectivity index (χ4v) is 22.8. The number of hydrogen-bond donors (Lipinski definition) is 0. The molecule has 28 aromatic rings. The van der Waals surface area contributed by atoms with E-state index in [1.165, 1.54) is 273 Å². The van der Waals surface area contributed by atoms with E-state index in [1.807, 2.05) is 0 Å². The summed E-state index contributed by atoms with van der Waals surface area (Å²) in [6, 6.07) is 196. The highest BCUT2D eigenvalue weighted by molar-refractivity contribution is 6.30. The third kappa shape index (κ3) is 13.8.